The third-order valence-electron chi connectivity index (χ3n) is 5.61. The Kier molecular flexibility index (Phi) is 5.60. The van der Waals surface area contributed by atoms with E-state index < -0.39 is 29.9 Å². The highest BCUT2D eigenvalue weighted by molar-refractivity contribution is 5.89. The Hall–Kier alpha value is -3.10. The van der Waals surface area contributed by atoms with E-state index in [2.05, 4.69) is 20.6 Å². The van der Waals surface area contributed by atoms with Crippen LogP contribution in [-0.2, 0) is 0 Å². The maximum absolute atomic E-state index is 14.1. The van der Waals surface area contributed by atoms with Crippen LogP contribution in [0.2, 0.25) is 0 Å². The van der Waals surface area contributed by atoms with E-state index in [-0.39, 0.29) is 17.4 Å². The van der Waals surface area contributed by atoms with Gasteiger partial charge in [0.25, 0.3) is 0 Å². The van der Waals surface area contributed by atoms with Gasteiger partial charge in [0.1, 0.15) is 23.6 Å². The first-order chi connectivity index (χ1) is 14.7. The first-order valence-corrected chi connectivity index (χ1v) is 10.1. The van der Waals surface area contributed by atoms with Crippen molar-refractivity contribution in [2.75, 3.05) is 5.32 Å². The van der Waals surface area contributed by atoms with Crippen LogP contribution in [0, 0.1) is 24.5 Å². The number of benzene rings is 1. The van der Waals surface area contributed by atoms with Crippen molar-refractivity contribution >= 4 is 22.7 Å². The second-order valence-electron chi connectivity index (χ2n) is 8.27. The molecule has 31 heavy (non-hydrogen) atoms. The van der Waals surface area contributed by atoms with Gasteiger partial charge < -0.3 is 15.1 Å². The Bertz CT molecular complexity index is 1110. The molecule has 3 aromatic rings. The van der Waals surface area contributed by atoms with Crippen LogP contribution in [0.5, 0.6) is 0 Å². The molecule has 2 aromatic heterocycles. The number of furan rings is 1. The summed E-state index contributed by atoms with van der Waals surface area (Å²) in [6, 6.07) is 0.880. The van der Waals surface area contributed by atoms with Crippen LogP contribution in [0.15, 0.2) is 28.9 Å². The number of urea groups is 1. The maximum atomic E-state index is 14.1. The number of aromatic nitrogens is 2. The zero-order chi connectivity index (χ0) is 22.3. The van der Waals surface area contributed by atoms with Gasteiger partial charge in [-0.25, -0.2) is 27.9 Å². The van der Waals surface area contributed by atoms with Gasteiger partial charge in [0.2, 0.25) is 0 Å². The van der Waals surface area contributed by atoms with Gasteiger partial charge in [0.15, 0.2) is 11.4 Å². The van der Waals surface area contributed by atoms with Crippen molar-refractivity contribution < 1.29 is 22.4 Å². The fraction of sp³-hybridized carbons (Fsp3) is 0.409. The van der Waals surface area contributed by atoms with E-state index in [0.29, 0.717) is 41.1 Å². The minimum atomic E-state index is -0.795. The molecule has 1 saturated carbocycles. The number of fused-ring (bicyclic) bond motifs is 1. The molecule has 1 fully saturated rings. The highest BCUT2D eigenvalue weighted by Gasteiger charge is 2.32. The van der Waals surface area contributed by atoms with Crippen LogP contribution >= 0.6 is 0 Å². The van der Waals surface area contributed by atoms with Crippen molar-refractivity contribution in [1.82, 2.24) is 15.3 Å². The molecule has 2 N–H and O–H groups in total. The van der Waals surface area contributed by atoms with Gasteiger partial charge in [-0.05, 0) is 31.7 Å². The molecule has 1 atom stereocenters. The molecule has 0 aliphatic heterocycles. The minimum Gasteiger partial charge on any atom is -0.455 e. The van der Waals surface area contributed by atoms with Crippen LogP contribution in [0.1, 0.15) is 55.8 Å². The molecule has 0 spiro atoms. The molecule has 1 aliphatic rings. The average Bonchev–Trinajstić information content (AvgIpc) is 3.01. The van der Waals surface area contributed by atoms with E-state index in [1.807, 2.05) is 13.8 Å². The standard InChI is InChI=1S/C22H23F3N4O2/c1-10(2)18(19-11(3)16-6-14(24)7-17(25)20(16)31-19)29-22(30)28-15-8-26-21(27-9-15)12-4-13(23)5-12/h6-10,12-13,18H,4-5H2,1-3H3,(H2,28,29,30). The van der Waals surface area contributed by atoms with Gasteiger partial charge in [-0.2, -0.15) is 0 Å². The van der Waals surface area contributed by atoms with Gasteiger partial charge in [0.05, 0.1) is 24.1 Å². The summed E-state index contributed by atoms with van der Waals surface area (Å²) in [6.45, 7) is 5.45. The SMILES string of the molecule is Cc1c(C(NC(=O)Nc2cnc(C3CC(F)C3)nc2)C(C)C)oc2c(F)cc(F)cc12. The number of rotatable bonds is 5. The van der Waals surface area contributed by atoms with Crippen LogP contribution in [0.4, 0.5) is 23.7 Å². The summed E-state index contributed by atoms with van der Waals surface area (Å²) in [4.78, 5) is 21.0. The lowest BCUT2D eigenvalue weighted by Gasteiger charge is -2.28. The number of alkyl halides is 1. The quantitative estimate of drug-likeness (QED) is 0.554. The third kappa shape index (κ3) is 4.22. The average molecular weight is 432 g/mol. The molecule has 2 amide bonds. The molecule has 9 heteroatoms. The topological polar surface area (TPSA) is 80.0 Å². The van der Waals surface area contributed by atoms with E-state index in [1.165, 1.54) is 18.5 Å². The number of nitrogens with zero attached hydrogens (tertiary/aromatic N) is 2. The number of nitrogens with one attached hydrogen (secondary N) is 2. The number of hydrogen-bond donors (Lipinski definition) is 2. The van der Waals surface area contributed by atoms with Crippen molar-refractivity contribution in [1.29, 1.82) is 0 Å². The summed E-state index contributed by atoms with van der Waals surface area (Å²) in [5.74, 6) is -0.638. The fourth-order valence-electron chi connectivity index (χ4n) is 3.77. The summed E-state index contributed by atoms with van der Waals surface area (Å²) in [5, 5.41) is 5.80. The lowest BCUT2D eigenvalue weighted by molar-refractivity contribution is 0.174. The van der Waals surface area contributed by atoms with Crippen LogP contribution in [0.25, 0.3) is 11.0 Å². The Morgan fingerprint density at radius 3 is 2.48 bits per heavy atom. The number of carbonyl (C=O) groups is 1. The number of halogens is 3. The largest absolute Gasteiger partial charge is 0.455 e. The van der Waals surface area contributed by atoms with E-state index in [4.69, 9.17) is 4.42 Å². The molecule has 164 valence electrons. The second kappa shape index (κ2) is 8.20. The van der Waals surface area contributed by atoms with Gasteiger partial charge in [-0.3, -0.25) is 0 Å². The number of anilines is 1. The van der Waals surface area contributed by atoms with Crippen LogP contribution in [0.3, 0.4) is 0 Å². The number of aryl methyl sites for hydroxylation is 1. The van der Waals surface area contributed by atoms with Gasteiger partial charge in [-0.15, -0.1) is 0 Å². The Labute approximate surface area is 177 Å². The summed E-state index contributed by atoms with van der Waals surface area (Å²) in [5.41, 5.74) is 0.901. The molecule has 0 bridgehead atoms. The molecule has 0 saturated heterocycles. The summed E-state index contributed by atoms with van der Waals surface area (Å²) in [6.07, 6.45) is 3.00. The predicted octanol–water partition coefficient (Wildman–Crippen LogP) is 5.54. The molecule has 0 radical (unpaired) electrons. The molecular weight excluding hydrogens is 409 g/mol. The lowest BCUT2D eigenvalue weighted by atomic mass is 9.83. The monoisotopic (exact) mass is 432 g/mol. The molecular formula is C22H23F3N4O2. The van der Waals surface area contributed by atoms with Crippen molar-refractivity contribution in [3.05, 3.63) is 53.3 Å². The van der Waals surface area contributed by atoms with Gasteiger partial charge in [0, 0.05) is 22.9 Å². The maximum Gasteiger partial charge on any atom is 0.319 e. The van der Waals surface area contributed by atoms with E-state index in [0.717, 1.165) is 6.07 Å². The second-order valence-corrected chi connectivity index (χ2v) is 8.27. The van der Waals surface area contributed by atoms with E-state index in [9.17, 15) is 18.0 Å². The van der Waals surface area contributed by atoms with Crippen LogP contribution in [-0.4, -0.2) is 22.2 Å². The predicted molar refractivity (Wildman–Crippen MR) is 110 cm³/mol. The first-order valence-electron chi connectivity index (χ1n) is 10.1. The van der Waals surface area contributed by atoms with Crippen molar-refractivity contribution in [2.45, 2.75) is 51.7 Å². The Morgan fingerprint density at radius 2 is 1.87 bits per heavy atom. The molecule has 1 aromatic carbocycles. The number of carbonyl (C=O) groups excluding carboxylic acids is 1. The Morgan fingerprint density at radius 1 is 1.19 bits per heavy atom. The molecule has 2 heterocycles. The molecule has 1 aliphatic carbocycles. The van der Waals surface area contributed by atoms with Gasteiger partial charge >= 0.3 is 6.03 Å². The van der Waals surface area contributed by atoms with E-state index in [1.54, 1.807) is 6.92 Å². The molecule has 1 unspecified atom stereocenters. The molecule has 4 rings (SSSR count). The zero-order valence-electron chi connectivity index (χ0n) is 17.4. The highest BCUT2D eigenvalue weighted by Crippen LogP contribution is 2.37. The lowest BCUT2D eigenvalue weighted by Crippen LogP contribution is -2.35. The number of amides is 2. The minimum absolute atomic E-state index is 0.0180. The van der Waals surface area contributed by atoms with Gasteiger partial charge in [-0.1, -0.05) is 13.8 Å². The Balaban J connectivity index is 1.50. The normalized spacial score (nSPS) is 19.3. The number of hydrogen-bond acceptors (Lipinski definition) is 4. The summed E-state index contributed by atoms with van der Waals surface area (Å²) < 4.78 is 46.4. The van der Waals surface area contributed by atoms with Crippen LogP contribution < -0.4 is 10.6 Å². The fourth-order valence-corrected chi connectivity index (χ4v) is 3.77. The van der Waals surface area contributed by atoms with Crippen molar-refractivity contribution in [2.24, 2.45) is 5.92 Å². The van der Waals surface area contributed by atoms with Crippen molar-refractivity contribution in [3.8, 4) is 0 Å². The zero-order valence-corrected chi connectivity index (χ0v) is 17.4. The van der Waals surface area contributed by atoms with Crippen molar-refractivity contribution in [3.63, 3.8) is 0 Å². The third-order valence-corrected chi connectivity index (χ3v) is 5.61. The molecule has 6 nitrogen and oxygen atoms in total. The smallest absolute Gasteiger partial charge is 0.319 e. The van der Waals surface area contributed by atoms with E-state index >= 15 is 0 Å². The summed E-state index contributed by atoms with van der Waals surface area (Å²) in [7, 11) is 0. The highest BCUT2D eigenvalue weighted by atomic mass is 19.1. The first kappa shape index (κ1) is 21.1. The summed E-state index contributed by atoms with van der Waals surface area (Å²) >= 11 is 0.